The predicted molar refractivity (Wildman–Crippen MR) is 66.7 cm³/mol. The Hall–Kier alpha value is 0.717. The SMILES string of the molecule is CCO[Si](Cl)(OCCCl)C1CCCCC1. The molecule has 90 valence electrons. The van der Waals surface area contributed by atoms with Crippen molar-refractivity contribution >= 4 is 30.6 Å². The normalized spacial score (nSPS) is 22.6. The maximum atomic E-state index is 6.53. The molecule has 2 nitrogen and oxygen atoms in total. The highest BCUT2D eigenvalue weighted by atomic mass is 35.6. The second-order valence-electron chi connectivity index (χ2n) is 3.89. The molecule has 0 amide bonds. The lowest BCUT2D eigenvalue weighted by Crippen LogP contribution is -2.42. The third-order valence-electron chi connectivity index (χ3n) is 2.81. The van der Waals surface area contributed by atoms with E-state index < -0.39 is 7.87 Å². The van der Waals surface area contributed by atoms with Crippen LogP contribution in [0, 0.1) is 0 Å². The van der Waals surface area contributed by atoms with Gasteiger partial charge in [0.05, 0.1) is 6.61 Å². The van der Waals surface area contributed by atoms with E-state index in [2.05, 4.69) is 0 Å². The summed E-state index contributed by atoms with van der Waals surface area (Å²) in [4.78, 5) is 0. The molecular formula is C10H20Cl2O2Si. The quantitative estimate of drug-likeness (QED) is 0.416. The van der Waals surface area contributed by atoms with Gasteiger partial charge in [-0.1, -0.05) is 30.3 Å². The smallest absolute Gasteiger partial charge is 0.383 e. The highest BCUT2D eigenvalue weighted by Crippen LogP contribution is 2.40. The second-order valence-corrected chi connectivity index (χ2v) is 8.41. The number of hydrogen-bond acceptors (Lipinski definition) is 2. The summed E-state index contributed by atoms with van der Waals surface area (Å²) in [6.45, 7) is 3.11. The Morgan fingerprint density at radius 2 is 1.87 bits per heavy atom. The Morgan fingerprint density at radius 1 is 1.20 bits per heavy atom. The fourth-order valence-electron chi connectivity index (χ4n) is 2.10. The molecule has 0 heterocycles. The summed E-state index contributed by atoms with van der Waals surface area (Å²) in [5, 5.41) is 0. The third kappa shape index (κ3) is 4.23. The van der Waals surface area contributed by atoms with Crippen LogP contribution in [0.5, 0.6) is 0 Å². The van der Waals surface area contributed by atoms with Gasteiger partial charge in [0.1, 0.15) is 0 Å². The van der Waals surface area contributed by atoms with Crippen molar-refractivity contribution in [2.75, 3.05) is 19.1 Å². The zero-order valence-electron chi connectivity index (χ0n) is 9.31. The van der Waals surface area contributed by atoms with E-state index in [1.54, 1.807) is 0 Å². The van der Waals surface area contributed by atoms with Crippen molar-refractivity contribution < 1.29 is 8.85 Å². The van der Waals surface area contributed by atoms with E-state index in [-0.39, 0.29) is 0 Å². The van der Waals surface area contributed by atoms with Crippen molar-refractivity contribution in [1.29, 1.82) is 0 Å². The highest BCUT2D eigenvalue weighted by Gasteiger charge is 2.45. The van der Waals surface area contributed by atoms with Gasteiger partial charge < -0.3 is 8.85 Å². The lowest BCUT2D eigenvalue weighted by Gasteiger charge is -2.33. The molecule has 15 heavy (non-hydrogen) atoms. The second kappa shape index (κ2) is 7.12. The standard InChI is InChI=1S/C10H20Cl2O2Si/c1-2-13-15(12,14-9-8-11)10-6-4-3-5-7-10/h10H,2-9H2,1H3. The minimum atomic E-state index is -2.48. The molecule has 1 saturated carbocycles. The van der Waals surface area contributed by atoms with E-state index in [0.717, 1.165) is 12.8 Å². The highest BCUT2D eigenvalue weighted by molar-refractivity contribution is 7.13. The number of rotatable bonds is 6. The van der Waals surface area contributed by atoms with Crippen LogP contribution in [-0.2, 0) is 8.85 Å². The zero-order chi connectivity index (χ0) is 11.1. The van der Waals surface area contributed by atoms with Gasteiger partial charge in [-0.05, 0) is 19.8 Å². The molecule has 1 fully saturated rings. The average molecular weight is 271 g/mol. The maximum Gasteiger partial charge on any atom is 0.446 e. The van der Waals surface area contributed by atoms with Crippen LogP contribution in [0.3, 0.4) is 0 Å². The molecule has 1 atom stereocenters. The molecule has 0 aromatic carbocycles. The first-order valence-electron chi connectivity index (χ1n) is 5.75. The topological polar surface area (TPSA) is 18.5 Å². The summed E-state index contributed by atoms with van der Waals surface area (Å²) >= 11 is 12.2. The summed E-state index contributed by atoms with van der Waals surface area (Å²) in [5.41, 5.74) is 0.441. The van der Waals surface area contributed by atoms with Crippen molar-refractivity contribution in [1.82, 2.24) is 0 Å². The Morgan fingerprint density at radius 3 is 2.40 bits per heavy atom. The summed E-state index contributed by atoms with van der Waals surface area (Å²) in [5.74, 6) is 0.487. The molecule has 5 heteroatoms. The summed E-state index contributed by atoms with van der Waals surface area (Å²) < 4.78 is 11.4. The predicted octanol–water partition coefficient (Wildman–Crippen LogP) is 3.79. The van der Waals surface area contributed by atoms with Crippen molar-refractivity contribution in [3.8, 4) is 0 Å². The van der Waals surface area contributed by atoms with Gasteiger partial charge in [0.25, 0.3) is 0 Å². The summed E-state index contributed by atoms with van der Waals surface area (Å²) in [6, 6.07) is 0. The first-order valence-corrected chi connectivity index (χ1v) is 9.19. The lowest BCUT2D eigenvalue weighted by molar-refractivity contribution is 0.186. The first kappa shape index (κ1) is 13.8. The van der Waals surface area contributed by atoms with Crippen LogP contribution in [0.4, 0.5) is 0 Å². The van der Waals surface area contributed by atoms with Crippen LogP contribution in [0.1, 0.15) is 39.0 Å². The van der Waals surface area contributed by atoms with Crippen LogP contribution in [0.25, 0.3) is 0 Å². The molecule has 0 aliphatic heterocycles. The van der Waals surface area contributed by atoms with Crippen molar-refractivity contribution in [3.05, 3.63) is 0 Å². The Kier molecular flexibility index (Phi) is 6.54. The van der Waals surface area contributed by atoms with Gasteiger partial charge in [-0.3, -0.25) is 0 Å². The molecule has 1 aliphatic carbocycles. The van der Waals surface area contributed by atoms with Gasteiger partial charge in [0, 0.05) is 18.0 Å². The fourth-order valence-corrected chi connectivity index (χ4v) is 5.95. The summed E-state index contributed by atoms with van der Waals surface area (Å²) in [7, 11) is -2.48. The minimum Gasteiger partial charge on any atom is -0.383 e. The van der Waals surface area contributed by atoms with Gasteiger partial charge >= 0.3 is 7.87 Å². The minimum absolute atomic E-state index is 0.441. The molecule has 0 aromatic heterocycles. The third-order valence-corrected chi connectivity index (χ3v) is 7.38. The van der Waals surface area contributed by atoms with Gasteiger partial charge in [0.15, 0.2) is 0 Å². The zero-order valence-corrected chi connectivity index (χ0v) is 11.8. The number of halogens is 2. The van der Waals surface area contributed by atoms with E-state index >= 15 is 0 Å². The number of hydrogen-bond donors (Lipinski definition) is 0. The van der Waals surface area contributed by atoms with Crippen molar-refractivity contribution in [3.63, 3.8) is 0 Å². The van der Waals surface area contributed by atoms with Crippen LogP contribution < -0.4 is 0 Å². The van der Waals surface area contributed by atoms with Gasteiger partial charge in [-0.15, -0.1) is 11.6 Å². The molecule has 0 radical (unpaired) electrons. The molecule has 1 rings (SSSR count). The van der Waals surface area contributed by atoms with Crippen molar-refractivity contribution in [2.24, 2.45) is 0 Å². The molecular weight excluding hydrogens is 251 g/mol. The van der Waals surface area contributed by atoms with Crippen LogP contribution >= 0.6 is 22.7 Å². The van der Waals surface area contributed by atoms with Crippen LogP contribution in [0.2, 0.25) is 5.54 Å². The van der Waals surface area contributed by atoms with E-state index in [1.807, 2.05) is 6.92 Å². The molecule has 0 N–H and O–H groups in total. The van der Waals surface area contributed by atoms with E-state index in [4.69, 9.17) is 31.5 Å². The Labute approximate surface area is 103 Å². The Bertz CT molecular complexity index is 177. The van der Waals surface area contributed by atoms with E-state index in [9.17, 15) is 0 Å². The first-order chi connectivity index (χ1) is 7.23. The van der Waals surface area contributed by atoms with Gasteiger partial charge in [-0.25, -0.2) is 0 Å². The average Bonchev–Trinajstić information content (AvgIpc) is 2.28. The van der Waals surface area contributed by atoms with Crippen LogP contribution in [0.15, 0.2) is 0 Å². The monoisotopic (exact) mass is 270 g/mol. The van der Waals surface area contributed by atoms with E-state index in [1.165, 1.54) is 19.3 Å². The number of alkyl halides is 1. The van der Waals surface area contributed by atoms with E-state index in [0.29, 0.717) is 24.6 Å². The van der Waals surface area contributed by atoms with Crippen molar-refractivity contribution in [2.45, 2.75) is 44.6 Å². The van der Waals surface area contributed by atoms with Crippen LogP contribution in [-0.4, -0.2) is 27.0 Å². The molecule has 1 aliphatic rings. The molecule has 0 saturated heterocycles. The fraction of sp³-hybridized carbons (Fsp3) is 1.00. The molecule has 0 aromatic rings. The molecule has 0 spiro atoms. The lowest BCUT2D eigenvalue weighted by atomic mass is 10.0. The largest absolute Gasteiger partial charge is 0.446 e. The van der Waals surface area contributed by atoms with Gasteiger partial charge in [0.2, 0.25) is 0 Å². The van der Waals surface area contributed by atoms with Gasteiger partial charge in [-0.2, -0.15) is 0 Å². The molecule has 0 bridgehead atoms. The maximum absolute atomic E-state index is 6.53. The summed E-state index contributed by atoms with van der Waals surface area (Å²) in [6.07, 6.45) is 6.13. The Balaban J connectivity index is 2.52. The molecule has 1 unspecified atom stereocenters.